The monoisotopic (exact) mass is 362 g/mol. The third-order valence-corrected chi connectivity index (χ3v) is 4.71. The van der Waals surface area contributed by atoms with E-state index in [4.69, 9.17) is 9.84 Å². The van der Waals surface area contributed by atoms with Crippen molar-refractivity contribution in [3.8, 4) is 5.75 Å². The number of unbranched alkanes of at least 4 members (excludes halogenated alkanes) is 1. The summed E-state index contributed by atoms with van der Waals surface area (Å²) >= 11 is 0. The average Bonchev–Trinajstić information content (AvgIpc) is 2.95. The number of likely N-dealkylation sites (tertiary alicyclic amines) is 1. The molecular formula is C19H26N2O5. The van der Waals surface area contributed by atoms with Crippen LogP contribution in [0.2, 0.25) is 0 Å². The highest BCUT2D eigenvalue weighted by atomic mass is 16.5. The first-order valence-corrected chi connectivity index (χ1v) is 8.79. The van der Waals surface area contributed by atoms with E-state index in [1.165, 1.54) is 11.9 Å². The van der Waals surface area contributed by atoms with Crippen molar-refractivity contribution < 1.29 is 24.2 Å². The molecule has 26 heavy (non-hydrogen) atoms. The van der Waals surface area contributed by atoms with Gasteiger partial charge in [0.05, 0.1) is 19.1 Å². The van der Waals surface area contributed by atoms with E-state index in [1.807, 2.05) is 19.1 Å². The number of aliphatic carboxylic acids is 1. The first-order valence-electron chi connectivity index (χ1n) is 8.79. The van der Waals surface area contributed by atoms with Gasteiger partial charge in [0.2, 0.25) is 11.8 Å². The summed E-state index contributed by atoms with van der Waals surface area (Å²) in [5.41, 5.74) is 0.856. The van der Waals surface area contributed by atoms with Crippen LogP contribution in [0.25, 0.3) is 0 Å². The van der Waals surface area contributed by atoms with Gasteiger partial charge in [-0.05, 0) is 24.1 Å². The van der Waals surface area contributed by atoms with Crippen molar-refractivity contribution in [2.75, 3.05) is 27.2 Å². The molecule has 0 aliphatic carbocycles. The van der Waals surface area contributed by atoms with Crippen molar-refractivity contribution in [3.05, 3.63) is 29.8 Å². The molecule has 0 spiro atoms. The number of carbonyl (C=O) groups excluding carboxylic acids is 2. The maximum atomic E-state index is 12.8. The molecule has 1 fully saturated rings. The number of benzene rings is 1. The van der Waals surface area contributed by atoms with Crippen molar-refractivity contribution in [1.82, 2.24) is 9.80 Å². The summed E-state index contributed by atoms with van der Waals surface area (Å²) < 4.78 is 5.18. The van der Waals surface area contributed by atoms with Crippen LogP contribution < -0.4 is 4.74 Å². The number of rotatable bonds is 8. The quantitative estimate of drug-likeness (QED) is 0.763. The zero-order chi connectivity index (χ0) is 19.3. The molecular weight excluding hydrogens is 336 g/mol. The zero-order valence-corrected chi connectivity index (χ0v) is 15.5. The lowest BCUT2D eigenvalue weighted by Crippen LogP contribution is -2.39. The number of hydrogen-bond acceptors (Lipinski definition) is 4. The van der Waals surface area contributed by atoms with Crippen molar-refractivity contribution >= 4 is 17.8 Å². The lowest BCUT2D eigenvalue weighted by atomic mass is 9.92. The second-order valence-corrected chi connectivity index (χ2v) is 6.56. The van der Waals surface area contributed by atoms with Gasteiger partial charge in [0.1, 0.15) is 12.3 Å². The molecule has 2 atom stereocenters. The minimum absolute atomic E-state index is 0.0682. The number of amides is 2. The molecule has 7 nitrogen and oxygen atoms in total. The molecule has 0 saturated carbocycles. The number of carboxylic acid groups (broad SMARTS) is 1. The van der Waals surface area contributed by atoms with Gasteiger partial charge in [-0.3, -0.25) is 14.4 Å². The summed E-state index contributed by atoms with van der Waals surface area (Å²) in [6, 6.07) is 6.94. The molecule has 1 aromatic carbocycles. The second-order valence-electron chi connectivity index (χ2n) is 6.56. The van der Waals surface area contributed by atoms with Gasteiger partial charge in [-0.25, -0.2) is 0 Å². The van der Waals surface area contributed by atoms with Crippen LogP contribution in [-0.4, -0.2) is 59.9 Å². The van der Waals surface area contributed by atoms with Crippen LogP contribution in [0.5, 0.6) is 5.75 Å². The summed E-state index contributed by atoms with van der Waals surface area (Å²) in [7, 11) is 3.04. The minimum Gasteiger partial charge on any atom is -0.497 e. The third kappa shape index (κ3) is 4.33. The van der Waals surface area contributed by atoms with E-state index >= 15 is 0 Å². The van der Waals surface area contributed by atoms with E-state index in [0.717, 1.165) is 18.4 Å². The molecule has 1 N–H and O–H groups in total. The van der Waals surface area contributed by atoms with Gasteiger partial charge in [0.25, 0.3) is 0 Å². The molecule has 1 aliphatic heterocycles. The Bertz CT molecular complexity index is 658. The molecule has 0 aromatic heterocycles. The van der Waals surface area contributed by atoms with E-state index < -0.39 is 11.9 Å². The van der Waals surface area contributed by atoms with Gasteiger partial charge in [0, 0.05) is 20.0 Å². The van der Waals surface area contributed by atoms with Crippen LogP contribution >= 0.6 is 0 Å². The summed E-state index contributed by atoms with van der Waals surface area (Å²) in [5.74, 6) is -1.35. The van der Waals surface area contributed by atoms with Gasteiger partial charge in [-0.2, -0.15) is 0 Å². The van der Waals surface area contributed by atoms with Gasteiger partial charge >= 0.3 is 5.97 Å². The standard InChI is InChI=1S/C19H26N2O5/c1-4-5-10-21-16(22)11-15(19(25)20(2)12-17(23)24)18(21)13-6-8-14(26-3)9-7-13/h6-9,15,18H,4-5,10-12H2,1-3H3,(H,23,24). The molecule has 7 heteroatoms. The number of methoxy groups -OCH3 is 1. The Balaban J connectivity index is 2.33. The Labute approximate surface area is 153 Å². The predicted molar refractivity (Wildman–Crippen MR) is 95.7 cm³/mol. The molecule has 0 radical (unpaired) electrons. The maximum absolute atomic E-state index is 12.8. The second kappa shape index (κ2) is 8.69. The Kier molecular flexibility index (Phi) is 6.60. The Hall–Kier alpha value is -2.57. The average molecular weight is 362 g/mol. The van der Waals surface area contributed by atoms with Crippen LogP contribution in [0.3, 0.4) is 0 Å². The fourth-order valence-electron chi connectivity index (χ4n) is 3.38. The summed E-state index contributed by atoms with van der Waals surface area (Å²) in [6.45, 7) is 2.25. The van der Waals surface area contributed by atoms with E-state index in [2.05, 4.69) is 0 Å². The largest absolute Gasteiger partial charge is 0.497 e. The molecule has 2 unspecified atom stereocenters. The number of carbonyl (C=O) groups is 3. The lowest BCUT2D eigenvalue weighted by Gasteiger charge is -2.30. The smallest absolute Gasteiger partial charge is 0.323 e. The Morgan fingerprint density at radius 1 is 1.31 bits per heavy atom. The van der Waals surface area contributed by atoms with Crippen molar-refractivity contribution in [2.45, 2.75) is 32.2 Å². The normalized spacial score (nSPS) is 19.5. The molecule has 1 aliphatic rings. The fourth-order valence-corrected chi connectivity index (χ4v) is 3.38. The molecule has 0 bridgehead atoms. The van der Waals surface area contributed by atoms with Crippen LogP contribution in [0.1, 0.15) is 37.8 Å². The van der Waals surface area contributed by atoms with Gasteiger partial charge < -0.3 is 19.6 Å². The van der Waals surface area contributed by atoms with E-state index in [1.54, 1.807) is 24.1 Å². The molecule has 1 aromatic rings. The van der Waals surface area contributed by atoms with Crippen LogP contribution in [0.4, 0.5) is 0 Å². The molecule has 1 heterocycles. The number of carboxylic acids is 1. The fraction of sp³-hybridized carbons (Fsp3) is 0.526. The number of likely N-dealkylation sites (N-methyl/N-ethyl adjacent to an activating group) is 1. The zero-order valence-electron chi connectivity index (χ0n) is 15.5. The first kappa shape index (κ1) is 19.8. The third-order valence-electron chi connectivity index (χ3n) is 4.71. The Morgan fingerprint density at radius 2 is 1.96 bits per heavy atom. The first-order chi connectivity index (χ1) is 12.4. The molecule has 142 valence electrons. The van der Waals surface area contributed by atoms with Crippen LogP contribution in [0.15, 0.2) is 24.3 Å². The van der Waals surface area contributed by atoms with Crippen molar-refractivity contribution in [3.63, 3.8) is 0 Å². The van der Waals surface area contributed by atoms with E-state index in [9.17, 15) is 14.4 Å². The van der Waals surface area contributed by atoms with Gasteiger partial charge in [-0.15, -0.1) is 0 Å². The number of nitrogens with zero attached hydrogens (tertiary/aromatic N) is 2. The van der Waals surface area contributed by atoms with E-state index in [-0.39, 0.29) is 30.8 Å². The molecule has 2 amide bonds. The maximum Gasteiger partial charge on any atom is 0.323 e. The number of ether oxygens (including phenoxy) is 1. The highest BCUT2D eigenvalue weighted by Crippen LogP contribution is 2.39. The summed E-state index contributed by atoms with van der Waals surface area (Å²) in [5, 5.41) is 8.95. The summed E-state index contributed by atoms with van der Waals surface area (Å²) in [4.78, 5) is 39.2. The van der Waals surface area contributed by atoms with Crippen molar-refractivity contribution in [2.24, 2.45) is 5.92 Å². The molecule has 2 rings (SSSR count). The van der Waals surface area contributed by atoms with Gasteiger partial charge in [0.15, 0.2) is 0 Å². The topological polar surface area (TPSA) is 87.2 Å². The predicted octanol–water partition coefficient (Wildman–Crippen LogP) is 1.93. The molecule has 1 saturated heterocycles. The van der Waals surface area contributed by atoms with E-state index in [0.29, 0.717) is 12.3 Å². The van der Waals surface area contributed by atoms with Crippen LogP contribution in [-0.2, 0) is 14.4 Å². The SMILES string of the molecule is CCCCN1C(=O)CC(C(=O)N(C)CC(=O)O)C1c1ccc(OC)cc1. The summed E-state index contributed by atoms with van der Waals surface area (Å²) in [6.07, 6.45) is 1.89. The van der Waals surface area contributed by atoms with Crippen molar-refractivity contribution in [1.29, 1.82) is 0 Å². The van der Waals surface area contributed by atoms with Gasteiger partial charge in [-0.1, -0.05) is 25.5 Å². The Morgan fingerprint density at radius 3 is 2.50 bits per heavy atom. The number of hydrogen-bond donors (Lipinski definition) is 1. The lowest BCUT2D eigenvalue weighted by molar-refractivity contribution is -0.145. The minimum atomic E-state index is -1.07. The van der Waals surface area contributed by atoms with Crippen LogP contribution in [0, 0.1) is 5.92 Å². The highest BCUT2D eigenvalue weighted by molar-refractivity contribution is 5.91. The highest BCUT2D eigenvalue weighted by Gasteiger charge is 2.45.